The number of nitrogens with two attached hydrogens (primary N) is 1. The molecule has 1 fully saturated rings. The Labute approximate surface area is 114 Å². The molecule has 0 atom stereocenters. The lowest BCUT2D eigenvalue weighted by atomic mass is 10.0. The van der Waals surface area contributed by atoms with Crippen LogP contribution in [0.2, 0.25) is 0 Å². The van der Waals surface area contributed by atoms with E-state index in [2.05, 4.69) is 18.9 Å². The average Bonchev–Trinajstić information content (AvgIpc) is 2.89. The van der Waals surface area contributed by atoms with Gasteiger partial charge in [-0.05, 0) is 46.6 Å². The second-order valence-corrected chi connectivity index (χ2v) is 5.88. The van der Waals surface area contributed by atoms with Crippen LogP contribution in [0.3, 0.4) is 0 Å². The maximum Gasteiger partial charge on any atom is 0.257 e. The molecule has 0 aromatic carbocycles. The van der Waals surface area contributed by atoms with Gasteiger partial charge < -0.3 is 10.6 Å². The molecule has 0 bridgehead atoms. The van der Waals surface area contributed by atoms with E-state index in [4.69, 9.17) is 5.73 Å². The molecule has 0 unspecified atom stereocenters. The molecule has 19 heavy (non-hydrogen) atoms. The molecule has 0 radical (unpaired) electrons. The molecular weight excluding hydrogens is 240 g/mol. The zero-order valence-corrected chi connectivity index (χ0v) is 12.1. The van der Waals surface area contributed by atoms with Crippen molar-refractivity contribution < 1.29 is 4.79 Å². The first-order chi connectivity index (χ1) is 8.97. The summed E-state index contributed by atoms with van der Waals surface area (Å²) >= 11 is 0. The van der Waals surface area contributed by atoms with Gasteiger partial charge in [-0.2, -0.15) is 5.10 Å². The minimum Gasteiger partial charge on any atom is -0.333 e. The van der Waals surface area contributed by atoms with Gasteiger partial charge in [0, 0.05) is 24.3 Å². The summed E-state index contributed by atoms with van der Waals surface area (Å²) in [5.74, 6) is 0.110. The largest absolute Gasteiger partial charge is 0.333 e. The normalized spacial score (nSPS) is 18.0. The van der Waals surface area contributed by atoms with Crippen LogP contribution in [0.25, 0.3) is 0 Å². The fourth-order valence-electron chi connectivity index (χ4n) is 2.75. The van der Waals surface area contributed by atoms with Crippen LogP contribution in [0.4, 0.5) is 0 Å². The van der Waals surface area contributed by atoms with E-state index in [1.165, 1.54) is 0 Å². The Morgan fingerprint density at radius 1 is 1.53 bits per heavy atom. The summed E-state index contributed by atoms with van der Waals surface area (Å²) in [7, 11) is 0. The maximum atomic E-state index is 12.6. The molecule has 1 amide bonds. The van der Waals surface area contributed by atoms with Gasteiger partial charge in [-0.3, -0.25) is 9.48 Å². The van der Waals surface area contributed by atoms with Crippen molar-refractivity contribution in [2.75, 3.05) is 13.1 Å². The molecule has 5 heteroatoms. The number of aryl methyl sites for hydroxylation is 1. The van der Waals surface area contributed by atoms with Gasteiger partial charge in [0.15, 0.2) is 0 Å². The predicted molar refractivity (Wildman–Crippen MR) is 75.0 cm³/mol. The number of nitrogens with zero attached hydrogens (tertiary/aromatic N) is 3. The first-order valence-corrected chi connectivity index (χ1v) is 7.02. The molecule has 2 heterocycles. The smallest absolute Gasteiger partial charge is 0.257 e. The topological polar surface area (TPSA) is 64.2 Å². The van der Waals surface area contributed by atoms with E-state index in [1.54, 1.807) is 6.20 Å². The highest BCUT2D eigenvalue weighted by atomic mass is 16.2. The summed E-state index contributed by atoms with van der Waals surface area (Å²) in [6.07, 6.45) is 4.73. The van der Waals surface area contributed by atoms with Crippen molar-refractivity contribution in [3.05, 3.63) is 17.5 Å². The third-order valence-electron chi connectivity index (χ3n) is 4.05. The third kappa shape index (κ3) is 2.66. The van der Waals surface area contributed by atoms with Crippen LogP contribution in [-0.2, 0) is 6.54 Å². The lowest BCUT2D eigenvalue weighted by molar-refractivity contribution is 0.0651. The SMILES string of the molecule is Cc1c(C(=O)N2CCCC2(C)C)cnn1CCCN. The van der Waals surface area contributed by atoms with E-state index >= 15 is 0 Å². The minimum absolute atomic E-state index is 0.0388. The van der Waals surface area contributed by atoms with Crippen molar-refractivity contribution >= 4 is 5.91 Å². The van der Waals surface area contributed by atoms with Gasteiger partial charge in [-0.1, -0.05) is 0 Å². The Morgan fingerprint density at radius 3 is 2.84 bits per heavy atom. The Balaban J connectivity index is 2.18. The quantitative estimate of drug-likeness (QED) is 0.897. The second-order valence-electron chi connectivity index (χ2n) is 5.88. The summed E-state index contributed by atoms with van der Waals surface area (Å²) in [5.41, 5.74) is 7.15. The van der Waals surface area contributed by atoms with Crippen LogP contribution < -0.4 is 5.73 Å². The number of likely N-dealkylation sites (tertiary alicyclic amines) is 1. The van der Waals surface area contributed by atoms with E-state index < -0.39 is 0 Å². The zero-order valence-electron chi connectivity index (χ0n) is 12.1. The Kier molecular flexibility index (Phi) is 3.94. The first-order valence-electron chi connectivity index (χ1n) is 7.02. The molecule has 1 aromatic heterocycles. The number of aromatic nitrogens is 2. The summed E-state index contributed by atoms with van der Waals surface area (Å²) in [4.78, 5) is 14.6. The lowest BCUT2D eigenvalue weighted by Gasteiger charge is -2.31. The average molecular weight is 264 g/mol. The molecule has 0 saturated carbocycles. The van der Waals surface area contributed by atoms with Crippen molar-refractivity contribution in [1.29, 1.82) is 0 Å². The fourth-order valence-corrected chi connectivity index (χ4v) is 2.75. The van der Waals surface area contributed by atoms with Crippen LogP contribution in [0.15, 0.2) is 6.20 Å². The summed E-state index contributed by atoms with van der Waals surface area (Å²) in [6, 6.07) is 0. The monoisotopic (exact) mass is 264 g/mol. The van der Waals surface area contributed by atoms with Gasteiger partial charge >= 0.3 is 0 Å². The highest BCUT2D eigenvalue weighted by Gasteiger charge is 2.36. The van der Waals surface area contributed by atoms with Gasteiger partial charge in [-0.25, -0.2) is 0 Å². The van der Waals surface area contributed by atoms with Gasteiger partial charge in [0.25, 0.3) is 5.91 Å². The van der Waals surface area contributed by atoms with E-state index in [-0.39, 0.29) is 11.4 Å². The van der Waals surface area contributed by atoms with Crippen LogP contribution in [0.1, 0.15) is 49.2 Å². The second kappa shape index (κ2) is 5.33. The van der Waals surface area contributed by atoms with Crippen LogP contribution in [0, 0.1) is 6.92 Å². The van der Waals surface area contributed by atoms with E-state index in [9.17, 15) is 4.79 Å². The fraction of sp³-hybridized carbons (Fsp3) is 0.714. The lowest BCUT2D eigenvalue weighted by Crippen LogP contribution is -2.42. The van der Waals surface area contributed by atoms with E-state index in [1.807, 2.05) is 16.5 Å². The Bertz CT molecular complexity index is 464. The Morgan fingerprint density at radius 2 is 2.26 bits per heavy atom. The first kappa shape index (κ1) is 14.1. The van der Waals surface area contributed by atoms with Crippen molar-refractivity contribution in [2.45, 2.75) is 52.1 Å². The third-order valence-corrected chi connectivity index (χ3v) is 4.05. The molecule has 0 aliphatic carbocycles. The Hall–Kier alpha value is -1.36. The molecule has 2 N–H and O–H groups in total. The summed E-state index contributed by atoms with van der Waals surface area (Å²) in [6.45, 7) is 8.48. The molecular formula is C14H24N4O. The number of carbonyl (C=O) groups excluding carboxylic acids is 1. The maximum absolute atomic E-state index is 12.6. The summed E-state index contributed by atoms with van der Waals surface area (Å²) < 4.78 is 1.88. The zero-order chi connectivity index (χ0) is 14.0. The molecule has 5 nitrogen and oxygen atoms in total. The number of hydrogen-bond donors (Lipinski definition) is 1. The highest BCUT2D eigenvalue weighted by molar-refractivity contribution is 5.95. The molecule has 1 saturated heterocycles. The van der Waals surface area contributed by atoms with Crippen molar-refractivity contribution in [1.82, 2.24) is 14.7 Å². The van der Waals surface area contributed by atoms with Crippen molar-refractivity contribution in [3.8, 4) is 0 Å². The number of amides is 1. The molecule has 106 valence electrons. The number of rotatable bonds is 4. The van der Waals surface area contributed by atoms with E-state index in [0.29, 0.717) is 6.54 Å². The van der Waals surface area contributed by atoms with Crippen LogP contribution in [-0.4, -0.2) is 39.2 Å². The molecule has 0 spiro atoms. The van der Waals surface area contributed by atoms with Crippen LogP contribution >= 0.6 is 0 Å². The summed E-state index contributed by atoms with van der Waals surface area (Å²) in [5, 5.41) is 4.31. The van der Waals surface area contributed by atoms with Crippen LogP contribution in [0.5, 0.6) is 0 Å². The highest BCUT2D eigenvalue weighted by Crippen LogP contribution is 2.30. The minimum atomic E-state index is -0.0388. The predicted octanol–water partition coefficient (Wildman–Crippen LogP) is 1.55. The number of carbonyl (C=O) groups is 1. The van der Waals surface area contributed by atoms with Gasteiger partial charge in [0.05, 0.1) is 11.8 Å². The molecule has 1 aromatic rings. The van der Waals surface area contributed by atoms with Gasteiger partial charge in [0.1, 0.15) is 0 Å². The molecule has 2 rings (SSSR count). The van der Waals surface area contributed by atoms with Crippen molar-refractivity contribution in [2.24, 2.45) is 5.73 Å². The van der Waals surface area contributed by atoms with Gasteiger partial charge in [0.2, 0.25) is 0 Å². The molecule has 1 aliphatic heterocycles. The van der Waals surface area contributed by atoms with E-state index in [0.717, 1.165) is 43.6 Å². The molecule has 1 aliphatic rings. The standard InChI is InChI=1S/C14H24N4O/c1-11-12(10-16-18(11)9-5-7-15)13(19)17-8-4-6-14(17,2)3/h10H,4-9,15H2,1-3H3. The van der Waals surface area contributed by atoms with Crippen molar-refractivity contribution in [3.63, 3.8) is 0 Å². The van der Waals surface area contributed by atoms with Gasteiger partial charge in [-0.15, -0.1) is 0 Å². The number of hydrogen-bond acceptors (Lipinski definition) is 3.